The number of halogens is 1. The Morgan fingerprint density at radius 2 is 2.41 bits per heavy atom. The number of piperazine rings is 1. The van der Waals surface area contributed by atoms with Gasteiger partial charge in [0.2, 0.25) is 5.91 Å². The van der Waals surface area contributed by atoms with E-state index >= 15 is 0 Å². The van der Waals surface area contributed by atoms with Gasteiger partial charge in [-0.05, 0) is 34.5 Å². The highest BCUT2D eigenvalue weighted by Crippen LogP contribution is 2.18. The van der Waals surface area contributed by atoms with Gasteiger partial charge in [-0.1, -0.05) is 6.92 Å². The molecule has 1 aromatic rings. The number of nitrogens with one attached hydrogen (secondary N) is 1. The number of hydrogen-bond donors (Lipinski definition) is 1. The van der Waals surface area contributed by atoms with Crippen LogP contribution < -0.4 is 5.32 Å². The van der Waals surface area contributed by atoms with Crippen LogP contribution in [0.15, 0.2) is 21.2 Å². The van der Waals surface area contributed by atoms with Crippen LogP contribution >= 0.6 is 15.9 Å². The van der Waals surface area contributed by atoms with Gasteiger partial charge in [0, 0.05) is 13.1 Å². The van der Waals surface area contributed by atoms with E-state index in [4.69, 9.17) is 4.42 Å². The van der Waals surface area contributed by atoms with E-state index in [9.17, 15) is 9.59 Å². The van der Waals surface area contributed by atoms with Crippen LogP contribution in [0.25, 0.3) is 0 Å². The number of hydrogen-bond acceptors (Lipinski definition) is 3. The lowest BCUT2D eigenvalue weighted by Crippen LogP contribution is -2.56. The molecule has 1 aliphatic rings. The highest BCUT2D eigenvalue weighted by atomic mass is 79.9. The average molecular weight is 301 g/mol. The molecule has 5 nitrogen and oxygen atoms in total. The van der Waals surface area contributed by atoms with Crippen LogP contribution in [0.2, 0.25) is 0 Å². The molecule has 2 heterocycles. The predicted octanol–water partition coefficient (Wildman–Crippen LogP) is 1.39. The molecule has 1 N–H and O–H groups in total. The second kappa shape index (κ2) is 4.91. The number of carbonyl (C=O) groups is 2. The number of amides is 2. The van der Waals surface area contributed by atoms with Crippen molar-refractivity contribution in [2.75, 3.05) is 13.1 Å². The summed E-state index contributed by atoms with van der Waals surface area (Å²) < 4.78 is 5.73. The summed E-state index contributed by atoms with van der Waals surface area (Å²) in [5, 5.41) is 2.75. The fourth-order valence-electron chi connectivity index (χ4n) is 1.93. The Hall–Kier alpha value is -1.30. The number of nitrogens with zero attached hydrogens (tertiary/aromatic N) is 1. The van der Waals surface area contributed by atoms with E-state index in [2.05, 4.69) is 21.2 Å². The van der Waals surface area contributed by atoms with Gasteiger partial charge in [0.05, 0.1) is 0 Å². The smallest absolute Gasteiger partial charge is 0.290 e. The van der Waals surface area contributed by atoms with Gasteiger partial charge in [-0.25, -0.2) is 0 Å². The van der Waals surface area contributed by atoms with Crippen LogP contribution in [0, 0.1) is 0 Å². The van der Waals surface area contributed by atoms with Gasteiger partial charge >= 0.3 is 0 Å². The Morgan fingerprint density at radius 1 is 1.65 bits per heavy atom. The first-order valence-corrected chi connectivity index (χ1v) is 6.26. The largest absolute Gasteiger partial charge is 0.444 e. The summed E-state index contributed by atoms with van der Waals surface area (Å²) in [6, 6.07) is 2.87. The third-order valence-electron chi connectivity index (χ3n) is 2.76. The zero-order valence-electron chi connectivity index (χ0n) is 9.40. The molecule has 1 fully saturated rings. The number of rotatable bonds is 2. The fraction of sp³-hybridized carbons (Fsp3) is 0.455. The molecule has 0 unspecified atom stereocenters. The lowest BCUT2D eigenvalue weighted by atomic mass is 10.1. The minimum atomic E-state index is -0.403. The third kappa shape index (κ3) is 2.36. The summed E-state index contributed by atoms with van der Waals surface area (Å²) in [4.78, 5) is 25.4. The Bertz CT molecular complexity index is 444. The molecule has 2 rings (SSSR count). The van der Waals surface area contributed by atoms with Crippen LogP contribution in [0.4, 0.5) is 0 Å². The molecule has 1 atom stereocenters. The van der Waals surface area contributed by atoms with Gasteiger partial charge in [0.15, 0.2) is 10.4 Å². The quantitative estimate of drug-likeness (QED) is 0.898. The molecule has 0 aromatic carbocycles. The average Bonchev–Trinajstić information content (AvgIpc) is 2.74. The van der Waals surface area contributed by atoms with Crippen LogP contribution in [0.5, 0.6) is 0 Å². The summed E-state index contributed by atoms with van der Waals surface area (Å²) in [5.74, 6) is -0.0832. The van der Waals surface area contributed by atoms with Crippen molar-refractivity contribution in [2.24, 2.45) is 0 Å². The van der Waals surface area contributed by atoms with E-state index in [1.165, 1.54) is 0 Å². The first-order valence-electron chi connectivity index (χ1n) is 5.47. The van der Waals surface area contributed by atoms with Crippen LogP contribution in [-0.4, -0.2) is 35.8 Å². The normalized spacial score (nSPS) is 20.2. The molecule has 1 saturated heterocycles. The fourth-order valence-corrected chi connectivity index (χ4v) is 2.24. The zero-order valence-corrected chi connectivity index (χ0v) is 11.0. The summed E-state index contributed by atoms with van der Waals surface area (Å²) in [6.07, 6.45) is 0.597. The van der Waals surface area contributed by atoms with Crippen molar-refractivity contribution in [2.45, 2.75) is 19.4 Å². The summed E-state index contributed by atoms with van der Waals surface area (Å²) in [6.45, 7) is 2.89. The van der Waals surface area contributed by atoms with Gasteiger partial charge in [0.25, 0.3) is 5.91 Å². The Balaban J connectivity index is 2.20. The Morgan fingerprint density at radius 3 is 3.00 bits per heavy atom. The van der Waals surface area contributed by atoms with Crippen molar-refractivity contribution in [3.05, 3.63) is 22.6 Å². The Labute approximate surface area is 107 Å². The molecule has 17 heavy (non-hydrogen) atoms. The second-order valence-corrected chi connectivity index (χ2v) is 4.60. The van der Waals surface area contributed by atoms with E-state index in [-0.39, 0.29) is 17.6 Å². The summed E-state index contributed by atoms with van der Waals surface area (Å²) in [5.41, 5.74) is 0. The SMILES string of the molecule is CC[C@H]1C(=O)NCCN1C(=O)c1ccc(Br)o1. The maximum Gasteiger partial charge on any atom is 0.290 e. The minimum absolute atomic E-state index is 0.0993. The van der Waals surface area contributed by atoms with E-state index in [1.54, 1.807) is 17.0 Å². The molecular weight excluding hydrogens is 288 g/mol. The van der Waals surface area contributed by atoms with Gasteiger partial charge in [-0.2, -0.15) is 0 Å². The lowest BCUT2D eigenvalue weighted by molar-refractivity contribution is -0.127. The minimum Gasteiger partial charge on any atom is -0.444 e. The molecule has 0 radical (unpaired) electrons. The molecular formula is C11H13BrN2O3. The topological polar surface area (TPSA) is 62.6 Å². The van der Waals surface area contributed by atoms with Gasteiger partial charge in [-0.3, -0.25) is 9.59 Å². The van der Waals surface area contributed by atoms with Gasteiger partial charge < -0.3 is 14.6 Å². The molecule has 92 valence electrons. The van der Waals surface area contributed by atoms with Crippen molar-refractivity contribution in [1.82, 2.24) is 10.2 Å². The van der Waals surface area contributed by atoms with Crippen LogP contribution in [-0.2, 0) is 4.79 Å². The molecule has 1 aromatic heterocycles. The lowest BCUT2D eigenvalue weighted by Gasteiger charge is -2.33. The first-order chi connectivity index (χ1) is 8.13. The predicted molar refractivity (Wildman–Crippen MR) is 64.5 cm³/mol. The number of furan rings is 1. The standard InChI is InChI=1S/C11H13BrN2O3/c1-2-7-10(15)13-5-6-14(7)11(16)8-3-4-9(12)17-8/h3-4,7H,2,5-6H2,1H3,(H,13,15)/t7-/m0/s1. The number of carbonyl (C=O) groups excluding carboxylic acids is 2. The Kier molecular flexibility index (Phi) is 3.51. The van der Waals surface area contributed by atoms with Gasteiger partial charge in [-0.15, -0.1) is 0 Å². The van der Waals surface area contributed by atoms with E-state index < -0.39 is 6.04 Å². The second-order valence-electron chi connectivity index (χ2n) is 3.82. The maximum atomic E-state index is 12.2. The van der Waals surface area contributed by atoms with Crippen LogP contribution in [0.1, 0.15) is 23.9 Å². The van der Waals surface area contributed by atoms with Crippen molar-refractivity contribution in [3.63, 3.8) is 0 Å². The van der Waals surface area contributed by atoms with Gasteiger partial charge in [0.1, 0.15) is 6.04 Å². The van der Waals surface area contributed by atoms with E-state index in [0.29, 0.717) is 24.2 Å². The highest BCUT2D eigenvalue weighted by Gasteiger charge is 2.33. The van der Waals surface area contributed by atoms with Crippen molar-refractivity contribution in [3.8, 4) is 0 Å². The third-order valence-corrected chi connectivity index (χ3v) is 3.19. The molecule has 6 heteroatoms. The van der Waals surface area contributed by atoms with Crippen molar-refractivity contribution in [1.29, 1.82) is 0 Å². The van der Waals surface area contributed by atoms with Crippen molar-refractivity contribution < 1.29 is 14.0 Å². The monoisotopic (exact) mass is 300 g/mol. The molecule has 0 saturated carbocycles. The first kappa shape index (κ1) is 12.2. The highest BCUT2D eigenvalue weighted by molar-refractivity contribution is 9.10. The zero-order chi connectivity index (χ0) is 12.4. The maximum absolute atomic E-state index is 12.2. The summed E-state index contributed by atoms with van der Waals surface area (Å²) >= 11 is 3.15. The molecule has 1 aliphatic heterocycles. The van der Waals surface area contributed by atoms with E-state index in [0.717, 1.165) is 0 Å². The summed E-state index contributed by atoms with van der Waals surface area (Å²) in [7, 11) is 0. The molecule has 0 bridgehead atoms. The van der Waals surface area contributed by atoms with Crippen LogP contribution in [0.3, 0.4) is 0 Å². The molecule has 0 aliphatic carbocycles. The van der Waals surface area contributed by atoms with Crippen molar-refractivity contribution >= 4 is 27.7 Å². The molecule has 2 amide bonds. The van der Waals surface area contributed by atoms with E-state index in [1.807, 2.05) is 6.92 Å². The molecule has 0 spiro atoms.